The molecule has 0 spiro atoms. The van der Waals surface area contributed by atoms with Crippen LogP contribution in [0.3, 0.4) is 0 Å². The second-order valence-electron chi connectivity index (χ2n) is 6.71. The molecule has 0 atom stereocenters. The van der Waals surface area contributed by atoms with Gasteiger partial charge >= 0.3 is 0 Å². The first-order valence-corrected chi connectivity index (χ1v) is 9.09. The van der Waals surface area contributed by atoms with E-state index in [0.717, 1.165) is 22.8 Å². The van der Waals surface area contributed by atoms with Gasteiger partial charge in [0.15, 0.2) is 5.82 Å². The first-order valence-electron chi connectivity index (χ1n) is 9.09. The minimum Gasteiger partial charge on any atom is -0.355 e. The van der Waals surface area contributed by atoms with Crippen LogP contribution >= 0.6 is 0 Å². The first kappa shape index (κ1) is 17.0. The van der Waals surface area contributed by atoms with Crippen molar-refractivity contribution in [1.29, 1.82) is 0 Å². The average molecular weight is 387 g/mol. The summed E-state index contributed by atoms with van der Waals surface area (Å²) in [4.78, 5) is 27.0. The van der Waals surface area contributed by atoms with Gasteiger partial charge in [0, 0.05) is 31.0 Å². The Balaban J connectivity index is 1.19. The molecular formula is C19H17N9O. The average Bonchev–Trinajstić information content (AvgIpc) is 3.42. The van der Waals surface area contributed by atoms with E-state index < -0.39 is 0 Å². The normalized spacial score (nSPS) is 13.9. The van der Waals surface area contributed by atoms with E-state index in [4.69, 9.17) is 0 Å². The quantitative estimate of drug-likeness (QED) is 0.533. The van der Waals surface area contributed by atoms with Gasteiger partial charge in [-0.1, -0.05) is 12.1 Å². The van der Waals surface area contributed by atoms with Crippen LogP contribution in [-0.4, -0.2) is 53.9 Å². The summed E-state index contributed by atoms with van der Waals surface area (Å²) in [6.45, 7) is 1.21. The molecule has 10 heteroatoms. The molecule has 0 radical (unpaired) electrons. The van der Waals surface area contributed by atoms with E-state index in [9.17, 15) is 4.79 Å². The lowest BCUT2D eigenvalue weighted by Crippen LogP contribution is -2.52. The van der Waals surface area contributed by atoms with E-state index in [0.29, 0.717) is 18.9 Å². The molecule has 1 amide bonds. The van der Waals surface area contributed by atoms with Gasteiger partial charge in [-0.2, -0.15) is 10.2 Å². The number of H-pyrrole nitrogens is 1. The summed E-state index contributed by atoms with van der Waals surface area (Å²) in [5, 5.41) is 13.9. The highest BCUT2D eigenvalue weighted by Crippen LogP contribution is 2.25. The van der Waals surface area contributed by atoms with Crippen LogP contribution in [0.1, 0.15) is 0 Å². The second-order valence-corrected chi connectivity index (χ2v) is 6.71. The fourth-order valence-corrected chi connectivity index (χ4v) is 3.19. The number of benzene rings is 1. The van der Waals surface area contributed by atoms with Crippen LogP contribution in [0.4, 0.5) is 11.5 Å². The van der Waals surface area contributed by atoms with Crippen molar-refractivity contribution < 1.29 is 4.79 Å². The third-order valence-corrected chi connectivity index (χ3v) is 4.83. The zero-order valence-electron chi connectivity index (χ0n) is 15.3. The lowest BCUT2D eigenvalue weighted by molar-refractivity contribution is -0.120. The highest BCUT2D eigenvalue weighted by atomic mass is 16.2. The maximum atomic E-state index is 12.5. The van der Waals surface area contributed by atoms with Gasteiger partial charge in [0.2, 0.25) is 5.91 Å². The summed E-state index contributed by atoms with van der Waals surface area (Å²) in [6.07, 6.45) is 6.23. The fraction of sp³-hybridized carbons (Fsp3) is 0.158. The molecule has 0 aliphatic carbocycles. The molecule has 4 heterocycles. The van der Waals surface area contributed by atoms with Gasteiger partial charge in [-0.15, -0.1) is 0 Å². The SMILES string of the molecule is O=C(Nc1ccc(-c2ccn[nH]2)cc1)C1CN(c2cc(-n3cncn3)ncn2)C1. The molecule has 4 aromatic rings. The Morgan fingerprint density at radius 2 is 1.90 bits per heavy atom. The van der Waals surface area contributed by atoms with E-state index in [1.54, 1.807) is 17.2 Å². The maximum absolute atomic E-state index is 12.5. The van der Waals surface area contributed by atoms with Crippen molar-refractivity contribution in [3.63, 3.8) is 0 Å². The van der Waals surface area contributed by atoms with Gasteiger partial charge in [0.05, 0.1) is 11.6 Å². The molecule has 1 aromatic carbocycles. The van der Waals surface area contributed by atoms with Crippen molar-refractivity contribution in [3.05, 3.63) is 61.6 Å². The van der Waals surface area contributed by atoms with Crippen molar-refractivity contribution in [2.75, 3.05) is 23.3 Å². The Kier molecular flexibility index (Phi) is 4.20. The number of carbonyl (C=O) groups is 1. The zero-order chi connectivity index (χ0) is 19.6. The minimum atomic E-state index is -0.0907. The third-order valence-electron chi connectivity index (χ3n) is 4.83. The lowest BCUT2D eigenvalue weighted by atomic mass is 9.99. The van der Waals surface area contributed by atoms with Crippen LogP contribution in [0.5, 0.6) is 0 Å². The molecule has 0 saturated carbocycles. The van der Waals surface area contributed by atoms with Crippen molar-refractivity contribution in [2.24, 2.45) is 5.92 Å². The van der Waals surface area contributed by atoms with Crippen LogP contribution in [0, 0.1) is 5.92 Å². The van der Waals surface area contributed by atoms with Gasteiger partial charge in [0.1, 0.15) is 24.8 Å². The molecule has 144 valence electrons. The highest BCUT2D eigenvalue weighted by molar-refractivity contribution is 5.94. The van der Waals surface area contributed by atoms with Crippen molar-refractivity contribution in [3.8, 4) is 17.1 Å². The maximum Gasteiger partial charge on any atom is 0.231 e. The van der Waals surface area contributed by atoms with Crippen LogP contribution < -0.4 is 10.2 Å². The molecule has 3 aromatic heterocycles. The lowest BCUT2D eigenvalue weighted by Gasteiger charge is -2.39. The van der Waals surface area contributed by atoms with Crippen molar-refractivity contribution in [1.82, 2.24) is 34.9 Å². The summed E-state index contributed by atoms with van der Waals surface area (Å²) in [6, 6.07) is 11.4. The third kappa shape index (κ3) is 3.43. The van der Waals surface area contributed by atoms with Crippen LogP contribution in [0.25, 0.3) is 17.1 Å². The van der Waals surface area contributed by atoms with Crippen LogP contribution in [0.2, 0.25) is 0 Å². The number of amides is 1. The van der Waals surface area contributed by atoms with Gasteiger partial charge in [0.25, 0.3) is 0 Å². The molecule has 5 rings (SSSR count). The van der Waals surface area contributed by atoms with Crippen LogP contribution in [-0.2, 0) is 4.79 Å². The van der Waals surface area contributed by atoms with Crippen LogP contribution in [0.15, 0.2) is 61.6 Å². The summed E-state index contributed by atoms with van der Waals surface area (Å²) < 4.78 is 1.57. The largest absolute Gasteiger partial charge is 0.355 e. The monoisotopic (exact) mass is 387 g/mol. The Morgan fingerprint density at radius 3 is 2.62 bits per heavy atom. The molecule has 1 saturated heterocycles. The number of aromatic nitrogens is 7. The van der Waals surface area contributed by atoms with Gasteiger partial charge in [-0.3, -0.25) is 9.89 Å². The highest BCUT2D eigenvalue weighted by Gasteiger charge is 2.33. The molecular weight excluding hydrogens is 370 g/mol. The fourth-order valence-electron chi connectivity index (χ4n) is 3.19. The summed E-state index contributed by atoms with van der Waals surface area (Å²) in [5.41, 5.74) is 2.72. The number of rotatable bonds is 5. The molecule has 0 unspecified atom stereocenters. The molecule has 1 aliphatic rings. The van der Waals surface area contributed by atoms with E-state index in [1.807, 2.05) is 41.3 Å². The molecule has 2 N–H and O–H groups in total. The Labute approximate surface area is 165 Å². The minimum absolute atomic E-state index is 0.00101. The predicted octanol–water partition coefficient (Wildman–Crippen LogP) is 1.52. The van der Waals surface area contributed by atoms with E-state index >= 15 is 0 Å². The second kappa shape index (κ2) is 7.15. The molecule has 29 heavy (non-hydrogen) atoms. The van der Waals surface area contributed by atoms with Gasteiger partial charge < -0.3 is 10.2 Å². The van der Waals surface area contributed by atoms with Gasteiger partial charge in [-0.25, -0.2) is 19.6 Å². The number of hydrogen-bond acceptors (Lipinski definition) is 7. The van der Waals surface area contributed by atoms with Crippen molar-refractivity contribution in [2.45, 2.75) is 0 Å². The standard InChI is InChI=1S/C19H17N9O/c29-19(25-15-3-1-13(2-4-15)16-5-6-23-26-16)14-8-27(9-14)17-7-18(22-11-21-17)28-12-20-10-24-28/h1-7,10-12,14H,8-9H2,(H,23,26)(H,25,29). The Hall–Kier alpha value is -4.08. The number of nitrogens with one attached hydrogen (secondary N) is 2. The summed E-state index contributed by atoms with van der Waals surface area (Å²) in [5.74, 6) is 1.31. The van der Waals surface area contributed by atoms with E-state index in [1.165, 1.54) is 12.7 Å². The number of anilines is 2. The number of nitrogens with zero attached hydrogens (tertiary/aromatic N) is 7. The van der Waals surface area contributed by atoms with E-state index in [-0.39, 0.29) is 11.8 Å². The smallest absolute Gasteiger partial charge is 0.231 e. The van der Waals surface area contributed by atoms with Gasteiger partial charge in [-0.05, 0) is 23.8 Å². The number of carbonyl (C=O) groups excluding carboxylic acids is 1. The predicted molar refractivity (Wildman–Crippen MR) is 105 cm³/mol. The Morgan fingerprint density at radius 1 is 1.07 bits per heavy atom. The number of aromatic amines is 1. The van der Waals surface area contributed by atoms with E-state index in [2.05, 4.69) is 35.6 Å². The molecule has 10 nitrogen and oxygen atoms in total. The molecule has 1 fully saturated rings. The first-order chi connectivity index (χ1) is 14.3. The summed E-state index contributed by atoms with van der Waals surface area (Å²) in [7, 11) is 0. The molecule has 0 bridgehead atoms. The topological polar surface area (TPSA) is 118 Å². The zero-order valence-corrected chi connectivity index (χ0v) is 15.3. The number of hydrogen-bond donors (Lipinski definition) is 2. The molecule has 1 aliphatic heterocycles. The summed E-state index contributed by atoms with van der Waals surface area (Å²) >= 11 is 0. The Bertz CT molecular complexity index is 1100. The van der Waals surface area contributed by atoms with Crippen molar-refractivity contribution >= 4 is 17.4 Å².